The number of rotatable bonds is 5. The second kappa shape index (κ2) is 14.5. The standard InChI is InChI=1S/C41H50ClN5O5S/c1-26-6-4-8-37(51-3)31-12-9-29(31)21-47-24-41(16-5-7-27-18-30(42)11-13-33(27)41)25-52-38-14-10-28(19-36(38)47)40(49)45-53(50,22-26)23-39(48)44-34-20-32(34)35-15-17-43-46(35)2/h4,8,10-11,13-15,17-19,26,29,31-32,34,37H,5-7,9,12,16,20-25H2,1-3H3,(H,44,48)/b8-4+/t26-,29-,31+,32+,34+,37-,41-,53+/m0/s1. The van der Waals surface area contributed by atoms with Crippen molar-refractivity contribution in [3.63, 3.8) is 0 Å². The van der Waals surface area contributed by atoms with Crippen LogP contribution in [0.1, 0.15) is 78.5 Å². The van der Waals surface area contributed by atoms with Gasteiger partial charge in [0.15, 0.2) is 0 Å². The van der Waals surface area contributed by atoms with Gasteiger partial charge in [-0.25, -0.2) is 4.21 Å². The van der Waals surface area contributed by atoms with Crippen LogP contribution in [0.15, 0.2) is 65.2 Å². The minimum atomic E-state index is -3.26. The molecular weight excluding hydrogens is 710 g/mol. The lowest BCUT2D eigenvalue weighted by atomic mass is 9.68. The second-order valence-corrected chi connectivity index (χ2v) is 18.9. The summed E-state index contributed by atoms with van der Waals surface area (Å²) >= 11 is 6.47. The average Bonchev–Trinajstić information content (AvgIpc) is 3.76. The third-order valence-electron chi connectivity index (χ3n) is 12.3. The number of hydrogen-bond acceptors (Lipinski definition) is 7. The van der Waals surface area contributed by atoms with Gasteiger partial charge >= 0.3 is 0 Å². The van der Waals surface area contributed by atoms with Crippen molar-refractivity contribution in [3.05, 3.63) is 88.2 Å². The highest BCUT2D eigenvalue weighted by Crippen LogP contribution is 2.47. The molecular formula is C41H50ClN5O5S. The Bertz CT molecular complexity index is 2060. The lowest BCUT2D eigenvalue weighted by Crippen LogP contribution is -2.49. The van der Waals surface area contributed by atoms with Crippen LogP contribution in [-0.2, 0) is 38.1 Å². The molecule has 1 aromatic heterocycles. The van der Waals surface area contributed by atoms with Crippen LogP contribution < -0.4 is 15.0 Å². The summed E-state index contributed by atoms with van der Waals surface area (Å²) in [5, 5.41) is 8.06. The van der Waals surface area contributed by atoms with E-state index in [9.17, 15) is 13.8 Å². The van der Waals surface area contributed by atoms with E-state index in [2.05, 4.69) is 44.0 Å². The van der Waals surface area contributed by atoms with E-state index in [0.717, 1.165) is 73.8 Å². The lowest BCUT2D eigenvalue weighted by molar-refractivity contribution is -0.118. The number of methoxy groups -OCH3 is 1. The van der Waals surface area contributed by atoms with Crippen molar-refractivity contribution in [1.82, 2.24) is 15.1 Å². The summed E-state index contributed by atoms with van der Waals surface area (Å²) in [6.45, 7) is 4.05. The molecule has 8 rings (SSSR count). The van der Waals surface area contributed by atoms with Gasteiger partial charge in [0.2, 0.25) is 5.91 Å². The van der Waals surface area contributed by atoms with Gasteiger partial charge in [-0.1, -0.05) is 36.7 Å². The maximum Gasteiger partial charge on any atom is 0.285 e. The molecule has 12 heteroatoms. The van der Waals surface area contributed by atoms with Crippen LogP contribution >= 0.6 is 11.6 Å². The largest absolute Gasteiger partial charge is 0.490 e. The molecule has 3 aromatic rings. The fourth-order valence-corrected chi connectivity index (χ4v) is 11.7. The van der Waals surface area contributed by atoms with Gasteiger partial charge in [0, 0.05) is 72.9 Å². The molecule has 0 saturated heterocycles. The first-order valence-electron chi connectivity index (χ1n) is 19.1. The van der Waals surface area contributed by atoms with Crippen LogP contribution in [0, 0.1) is 17.8 Å². The number of carbonyl (C=O) groups excluding carboxylic acids is 2. The molecule has 10 nitrogen and oxygen atoms in total. The van der Waals surface area contributed by atoms with Crippen LogP contribution in [0.5, 0.6) is 5.75 Å². The number of aromatic nitrogens is 2. The molecule has 1 N–H and O–H groups in total. The molecule has 3 aliphatic carbocycles. The Morgan fingerprint density at radius 1 is 1.19 bits per heavy atom. The van der Waals surface area contributed by atoms with Crippen LogP contribution in [0.4, 0.5) is 5.69 Å². The molecule has 5 aliphatic rings. The number of hydrogen-bond donors (Lipinski definition) is 1. The van der Waals surface area contributed by atoms with Crippen molar-refractivity contribution >= 4 is 38.8 Å². The molecule has 2 amide bonds. The zero-order valence-electron chi connectivity index (χ0n) is 30.8. The molecule has 8 atom stereocenters. The number of amides is 2. The van der Waals surface area contributed by atoms with E-state index in [1.807, 2.05) is 42.9 Å². The number of ether oxygens (including phenoxy) is 2. The number of aryl methyl sites for hydroxylation is 2. The Balaban J connectivity index is 1.13. The Morgan fingerprint density at radius 2 is 2.06 bits per heavy atom. The fraction of sp³-hybridized carbons (Fsp3) is 0.537. The third-order valence-corrected chi connectivity index (χ3v) is 14.8. The van der Waals surface area contributed by atoms with E-state index in [1.54, 1.807) is 19.4 Å². The maximum atomic E-state index is 14.7. The molecule has 2 aromatic carbocycles. The fourth-order valence-electron chi connectivity index (χ4n) is 9.35. The highest BCUT2D eigenvalue weighted by atomic mass is 35.5. The van der Waals surface area contributed by atoms with Crippen molar-refractivity contribution in [2.75, 3.05) is 43.2 Å². The molecule has 282 valence electrons. The third kappa shape index (κ3) is 7.41. The number of halogens is 1. The Labute approximate surface area is 317 Å². The lowest BCUT2D eigenvalue weighted by Gasteiger charge is -2.46. The molecule has 2 bridgehead atoms. The van der Waals surface area contributed by atoms with Gasteiger partial charge in [-0.2, -0.15) is 9.46 Å². The first-order chi connectivity index (χ1) is 25.5. The highest BCUT2D eigenvalue weighted by molar-refractivity contribution is 7.94. The summed E-state index contributed by atoms with van der Waals surface area (Å²) in [5.41, 5.74) is 4.55. The van der Waals surface area contributed by atoms with Crippen LogP contribution in [0.25, 0.3) is 0 Å². The van der Waals surface area contributed by atoms with Gasteiger partial charge < -0.3 is 19.7 Å². The molecule has 53 heavy (non-hydrogen) atoms. The number of nitrogens with zero attached hydrogens (tertiary/aromatic N) is 4. The smallest absolute Gasteiger partial charge is 0.285 e. The zero-order chi connectivity index (χ0) is 36.9. The number of carbonyl (C=O) groups is 2. The zero-order valence-corrected chi connectivity index (χ0v) is 32.4. The number of fused-ring (bicyclic) bond motifs is 4. The van der Waals surface area contributed by atoms with Crippen molar-refractivity contribution < 1.29 is 23.3 Å². The first-order valence-corrected chi connectivity index (χ1v) is 21.3. The predicted octanol–water partition coefficient (Wildman–Crippen LogP) is 6.46. The summed E-state index contributed by atoms with van der Waals surface area (Å²) in [7, 11) is 0.402. The molecule has 1 spiro atoms. The summed E-state index contributed by atoms with van der Waals surface area (Å²) < 4.78 is 33.7. The minimum Gasteiger partial charge on any atom is -0.490 e. The number of anilines is 1. The van der Waals surface area contributed by atoms with Crippen molar-refractivity contribution in [2.45, 2.75) is 75.3 Å². The number of allylic oxidation sites excluding steroid dienone is 1. The minimum absolute atomic E-state index is 0.0401. The highest BCUT2D eigenvalue weighted by Gasteiger charge is 2.45. The van der Waals surface area contributed by atoms with Crippen molar-refractivity contribution in [3.8, 4) is 5.75 Å². The molecule has 2 fully saturated rings. The molecule has 2 aliphatic heterocycles. The summed E-state index contributed by atoms with van der Waals surface area (Å²) in [6.07, 6.45) is 12.6. The van der Waals surface area contributed by atoms with Crippen LogP contribution in [0.3, 0.4) is 0 Å². The van der Waals surface area contributed by atoms with E-state index in [-0.39, 0.29) is 46.8 Å². The van der Waals surface area contributed by atoms with Gasteiger partial charge in [0.1, 0.15) is 11.5 Å². The second-order valence-electron chi connectivity index (χ2n) is 16.1. The van der Waals surface area contributed by atoms with E-state index in [1.165, 1.54) is 11.1 Å². The van der Waals surface area contributed by atoms with Crippen LogP contribution in [0.2, 0.25) is 5.02 Å². The van der Waals surface area contributed by atoms with E-state index in [4.69, 9.17) is 21.1 Å². The van der Waals surface area contributed by atoms with Crippen molar-refractivity contribution in [1.29, 1.82) is 0 Å². The van der Waals surface area contributed by atoms with Gasteiger partial charge in [0.25, 0.3) is 5.91 Å². The van der Waals surface area contributed by atoms with E-state index >= 15 is 0 Å². The number of nitrogens with one attached hydrogen (secondary N) is 1. The van der Waals surface area contributed by atoms with Crippen LogP contribution in [-0.4, -0.2) is 76.3 Å². The molecule has 3 heterocycles. The summed E-state index contributed by atoms with van der Waals surface area (Å²) in [5.74, 6) is 0.431. The summed E-state index contributed by atoms with van der Waals surface area (Å²) in [4.78, 5) is 29.9. The van der Waals surface area contributed by atoms with E-state index < -0.39 is 15.6 Å². The molecule has 2 saturated carbocycles. The predicted molar refractivity (Wildman–Crippen MR) is 207 cm³/mol. The Morgan fingerprint density at radius 3 is 2.83 bits per heavy atom. The monoisotopic (exact) mass is 759 g/mol. The van der Waals surface area contributed by atoms with Crippen molar-refractivity contribution in [2.24, 2.45) is 29.2 Å². The molecule has 0 radical (unpaired) electrons. The number of benzene rings is 2. The normalized spacial score (nSPS) is 33.0. The van der Waals surface area contributed by atoms with Gasteiger partial charge in [-0.05, 0) is 110 Å². The van der Waals surface area contributed by atoms with Gasteiger partial charge in [0.05, 0.1) is 28.1 Å². The Hall–Kier alpha value is -3.67. The average molecular weight is 760 g/mol. The maximum absolute atomic E-state index is 14.7. The summed E-state index contributed by atoms with van der Waals surface area (Å²) in [6, 6.07) is 13.6. The quantitative estimate of drug-likeness (QED) is 0.297. The van der Waals surface area contributed by atoms with E-state index in [0.29, 0.717) is 30.4 Å². The van der Waals surface area contributed by atoms with Gasteiger partial charge in [-0.15, -0.1) is 0 Å². The first kappa shape index (κ1) is 36.3. The molecule has 0 unspecified atom stereocenters. The van der Waals surface area contributed by atoms with Gasteiger partial charge in [-0.3, -0.25) is 14.3 Å². The SMILES string of the molecule is CO[C@H]1/C=C/C[C@H](C)C[S@@](=O)(CC(=O)N[C@@H]2C[C@H]2c2ccnn2C)=NC(=O)c2ccc3c(c2)N(C[C@@H]2CC[C@H]21)C[C@@]1(CCCc2cc(Cl)ccc21)CO3. The Kier molecular flexibility index (Phi) is 9.95. The topological polar surface area (TPSA) is 115 Å².